The van der Waals surface area contributed by atoms with E-state index in [4.69, 9.17) is 9.47 Å². The summed E-state index contributed by atoms with van der Waals surface area (Å²) in [5, 5.41) is 5.19. The molecule has 1 amide bonds. The minimum atomic E-state index is -0.0216. The SMILES string of the molecule is COc1ccc(C(C)CC(=O)Nc2cccc3ccccc23)c(OC)c1. The smallest absolute Gasteiger partial charge is 0.224 e. The van der Waals surface area contributed by atoms with Crippen molar-refractivity contribution in [2.24, 2.45) is 0 Å². The van der Waals surface area contributed by atoms with Crippen LogP contribution in [0.3, 0.4) is 0 Å². The van der Waals surface area contributed by atoms with Crippen molar-refractivity contribution in [3.05, 3.63) is 66.2 Å². The number of nitrogens with one attached hydrogen (secondary N) is 1. The van der Waals surface area contributed by atoms with Crippen LogP contribution in [0.15, 0.2) is 60.7 Å². The molecule has 0 fully saturated rings. The fourth-order valence-electron chi connectivity index (χ4n) is 3.15. The molecule has 1 N–H and O–H groups in total. The number of ether oxygens (including phenoxy) is 2. The number of benzene rings is 3. The quantitative estimate of drug-likeness (QED) is 0.682. The minimum absolute atomic E-state index is 0.0193. The molecule has 4 nitrogen and oxygen atoms in total. The Morgan fingerprint density at radius 2 is 1.77 bits per heavy atom. The third-order valence-corrected chi connectivity index (χ3v) is 4.53. The number of hydrogen-bond acceptors (Lipinski definition) is 3. The van der Waals surface area contributed by atoms with E-state index in [-0.39, 0.29) is 11.8 Å². The van der Waals surface area contributed by atoms with Crippen LogP contribution in [0, 0.1) is 0 Å². The van der Waals surface area contributed by atoms with Gasteiger partial charge in [-0.3, -0.25) is 4.79 Å². The van der Waals surface area contributed by atoms with Gasteiger partial charge in [-0.25, -0.2) is 0 Å². The highest BCUT2D eigenvalue weighted by Gasteiger charge is 2.17. The second-order valence-corrected chi connectivity index (χ2v) is 6.29. The number of amides is 1. The number of anilines is 1. The van der Waals surface area contributed by atoms with E-state index in [1.165, 1.54) is 0 Å². The third kappa shape index (κ3) is 3.80. The summed E-state index contributed by atoms with van der Waals surface area (Å²) in [5.74, 6) is 1.46. The fourth-order valence-corrected chi connectivity index (χ4v) is 3.15. The van der Waals surface area contributed by atoms with E-state index < -0.39 is 0 Å². The Hall–Kier alpha value is -3.01. The van der Waals surface area contributed by atoms with Crippen molar-refractivity contribution >= 4 is 22.4 Å². The van der Waals surface area contributed by atoms with Gasteiger partial charge in [0.15, 0.2) is 0 Å². The summed E-state index contributed by atoms with van der Waals surface area (Å²) in [6, 6.07) is 19.6. The van der Waals surface area contributed by atoms with Crippen LogP contribution in [-0.2, 0) is 4.79 Å². The molecular weight excluding hydrogens is 326 g/mol. The average Bonchev–Trinajstić information content (AvgIpc) is 2.67. The van der Waals surface area contributed by atoms with Crippen molar-refractivity contribution < 1.29 is 14.3 Å². The predicted octanol–water partition coefficient (Wildman–Crippen LogP) is 4.99. The van der Waals surface area contributed by atoms with Crippen LogP contribution in [-0.4, -0.2) is 20.1 Å². The van der Waals surface area contributed by atoms with Gasteiger partial charge in [-0.2, -0.15) is 0 Å². The highest BCUT2D eigenvalue weighted by molar-refractivity contribution is 6.02. The summed E-state index contributed by atoms with van der Waals surface area (Å²) in [5.41, 5.74) is 1.82. The van der Waals surface area contributed by atoms with Gasteiger partial charge in [-0.05, 0) is 29.0 Å². The molecule has 4 heteroatoms. The van der Waals surface area contributed by atoms with E-state index in [1.807, 2.05) is 67.6 Å². The molecule has 0 aliphatic carbocycles. The number of hydrogen-bond donors (Lipinski definition) is 1. The van der Waals surface area contributed by atoms with Gasteiger partial charge in [0, 0.05) is 23.6 Å². The van der Waals surface area contributed by atoms with E-state index in [2.05, 4.69) is 5.32 Å². The maximum atomic E-state index is 12.6. The zero-order chi connectivity index (χ0) is 18.5. The monoisotopic (exact) mass is 349 g/mol. The first-order valence-corrected chi connectivity index (χ1v) is 8.62. The molecule has 26 heavy (non-hydrogen) atoms. The third-order valence-electron chi connectivity index (χ3n) is 4.53. The zero-order valence-corrected chi connectivity index (χ0v) is 15.3. The van der Waals surface area contributed by atoms with Crippen LogP contribution in [0.1, 0.15) is 24.8 Å². The molecule has 0 aromatic heterocycles. The molecule has 0 saturated carbocycles. The fraction of sp³-hybridized carbons (Fsp3) is 0.227. The molecule has 3 rings (SSSR count). The summed E-state index contributed by atoms with van der Waals surface area (Å²) in [6.07, 6.45) is 0.367. The molecule has 0 spiro atoms. The van der Waals surface area contributed by atoms with Crippen molar-refractivity contribution in [1.82, 2.24) is 0 Å². The summed E-state index contributed by atoms with van der Waals surface area (Å²) in [6.45, 7) is 2.02. The normalized spacial score (nSPS) is 11.8. The van der Waals surface area contributed by atoms with Crippen LogP contribution in [0.2, 0.25) is 0 Å². The summed E-state index contributed by atoms with van der Waals surface area (Å²) < 4.78 is 10.7. The highest BCUT2D eigenvalue weighted by Crippen LogP contribution is 2.32. The Labute approximate surface area is 153 Å². The Kier molecular flexibility index (Phi) is 5.42. The van der Waals surface area contributed by atoms with E-state index in [1.54, 1.807) is 14.2 Å². The topological polar surface area (TPSA) is 47.6 Å². The molecule has 1 unspecified atom stereocenters. The molecule has 0 saturated heterocycles. The lowest BCUT2D eigenvalue weighted by Gasteiger charge is -2.17. The molecule has 3 aromatic rings. The molecular formula is C22H23NO3. The lowest BCUT2D eigenvalue weighted by Crippen LogP contribution is -2.15. The van der Waals surface area contributed by atoms with Gasteiger partial charge in [0.05, 0.1) is 14.2 Å². The molecule has 3 aromatic carbocycles. The minimum Gasteiger partial charge on any atom is -0.497 e. The van der Waals surface area contributed by atoms with Crippen molar-refractivity contribution in [3.63, 3.8) is 0 Å². The second-order valence-electron chi connectivity index (χ2n) is 6.29. The zero-order valence-electron chi connectivity index (χ0n) is 15.3. The van der Waals surface area contributed by atoms with Crippen LogP contribution < -0.4 is 14.8 Å². The molecule has 134 valence electrons. The first-order chi connectivity index (χ1) is 12.6. The van der Waals surface area contributed by atoms with Gasteiger partial charge < -0.3 is 14.8 Å². The van der Waals surface area contributed by atoms with Crippen molar-refractivity contribution in [2.75, 3.05) is 19.5 Å². The van der Waals surface area contributed by atoms with E-state index in [0.717, 1.165) is 33.5 Å². The number of carbonyl (C=O) groups excluding carboxylic acids is 1. The Morgan fingerprint density at radius 1 is 1.00 bits per heavy atom. The van der Waals surface area contributed by atoms with Crippen molar-refractivity contribution in [2.45, 2.75) is 19.3 Å². The first kappa shape index (κ1) is 17.8. The second kappa shape index (κ2) is 7.91. The lowest BCUT2D eigenvalue weighted by atomic mass is 9.96. The summed E-state index contributed by atoms with van der Waals surface area (Å²) in [7, 11) is 3.25. The van der Waals surface area contributed by atoms with Crippen LogP contribution >= 0.6 is 0 Å². The van der Waals surface area contributed by atoms with Crippen molar-refractivity contribution in [1.29, 1.82) is 0 Å². The molecule has 0 aliphatic rings. The van der Waals surface area contributed by atoms with Crippen LogP contribution in [0.4, 0.5) is 5.69 Å². The maximum Gasteiger partial charge on any atom is 0.224 e. The van der Waals surface area contributed by atoms with E-state index >= 15 is 0 Å². The molecule has 0 bridgehead atoms. The predicted molar refractivity (Wildman–Crippen MR) is 105 cm³/mol. The first-order valence-electron chi connectivity index (χ1n) is 8.62. The molecule has 0 radical (unpaired) electrons. The summed E-state index contributed by atoms with van der Waals surface area (Å²) in [4.78, 5) is 12.6. The largest absolute Gasteiger partial charge is 0.497 e. The molecule has 0 heterocycles. The van der Waals surface area contributed by atoms with Gasteiger partial charge in [-0.1, -0.05) is 49.4 Å². The summed E-state index contributed by atoms with van der Waals surface area (Å²) >= 11 is 0. The van der Waals surface area contributed by atoms with Gasteiger partial charge in [-0.15, -0.1) is 0 Å². The highest BCUT2D eigenvalue weighted by atomic mass is 16.5. The van der Waals surface area contributed by atoms with Crippen LogP contribution in [0.25, 0.3) is 10.8 Å². The number of methoxy groups -OCH3 is 2. The van der Waals surface area contributed by atoms with Crippen LogP contribution in [0.5, 0.6) is 11.5 Å². The standard InChI is InChI=1S/C22H23NO3/c1-15(18-12-11-17(25-2)14-21(18)26-3)13-22(24)23-20-10-6-8-16-7-4-5-9-19(16)20/h4-12,14-15H,13H2,1-3H3,(H,23,24). The Balaban J connectivity index is 1.75. The number of rotatable bonds is 6. The van der Waals surface area contributed by atoms with E-state index in [9.17, 15) is 4.79 Å². The lowest BCUT2D eigenvalue weighted by molar-refractivity contribution is -0.116. The van der Waals surface area contributed by atoms with Gasteiger partial charge in [0.2, 0.25) is 5.91 Å². The Morgan fingerprint density at radius 3 is 2.54 bits per heavy atom. The average molecular weight is 349 g/mol. The van der Waals surface area contributed by atoms with Gasteiger partial charge in [0.1, 0.15) is 11.5 Å². The van der Waals surface area contributed by atoms with E-state index in [0.29, 0.717) is 6.42 Å². The molecule has 0 aliphatic heterocycles. The molecule has 1 atom stereocenters. The van der Waals surface area contributed by atoms with Gasteiger partial charge in [0.25, 0.3) is 0 Å². The van der Waals surface area contributed by atoms with Crippen molar-refractivity contribution in [3.8, 4) is 11.5 Å². The number of carbonyl (C=O) groups is 1. The Bertz CT molecular complexity index is 915. The number of fused-ring (bicyclic) bond motifs is 1. The maximum absolute atomic E-state index is 12.6. The van der Waals surface area contributed by atoms with Gasteiger partial charge >= 0.3 is 0 Å².